The Balaban J connectivity index is 2.03. The van der Waals surface area contributed by atoms with Crippen LogP contribution >= 0.6 is 0 Å². The zero-order chi connectivity index (χ0) is 12.4. The van der Waals surface area contributed by atoms with E-state index in [2.05, 4.69) is 0 Å². The minimum Gasteiger partial charge on any atom is -0.460 e. The van der Waals surface area contributed by atoms with Crippen molar-refractivity contribution in [1.29, 1.82) is 0 Å². The number of halogens is 1. The van der Waals surface area contributed by atoms with E-state index in [-0.39, 0.29) is 24.3 Å². The number of hydrogen-bond donors (Lipinski definition) is 0. The molecule has 0 saturated heterocycles. The molecule has 0 bridgehead atoms. The van der Waals surface area contributed by atoms with Crippen LogP contribution in [0.2, 0.25) is 0 Å². The van der Waals surface area contributed by atoms with Gasteiger partial charge in [0.1, 0.15) is 12.4 Å². The molecule has 0 N–H and O–H groups in total. The molecule has 0 atom stereocenters. The maximum Gasteiger partial charge on any atom is 0.309 e. The molecule has 0 spiro atoms. The van der Waals surface area contributed by atoms with Crippen LogP contribution in [-0.2, 0) is 16.1 Å². The molecule has 92 valence electrons. The first-order chi connectivity index (χ1) is 8.08. The molecule has 1 saturated carbocycles. The third-order valence-electron chi connectivity index (χ3n) is 3.02. The summed E-state index contributed by atoms with van der Waals surface area (Å²) in [6.45, 7) is 4.14. The molecule has 2 nitrogen and oxygen atoms in total. The smallest absolute Gasteiger partial charge is 0.309 e. The van der Waals surface area contributed by atoms with Gasteiger partial charge in [0.05, 0.1) is 5.92 Å². The second-order valence-corrected chi connectivity index (χ2v) is 4.89. The fourth-order valence-electron chi connectivity index (χ4n) is 1.65. The molecule has 17 heavy (non-hydrogen) atoms. The molecule has 0 radical (unpaired) electrons. The molecule has 1 fully saturated rings. The first-order valence-corrected chi connectivity index (χ1v) is 6.03. The normalized spacial score (nSPS) is 15.1. The van der Waals surface area contributed by atoms with Gasteiger partial charge in [-0.3, -0.25) is 4.79 Å². The monoisotopic (exact) mass is 236 g/mol. The number of hydrogen-bond acceptors (Lipinski definition) is 2. The predicted molar refractivity (Wildman–Crippen MR) is 63.0 cm³/mol. The SMILES string of the molecule is CC(C)c1ccc(F)c(COC(=O)C2CC2)c1. The summed E-state index contributed by atoms with van der Waals surface area (Å²) >= 11 is 0. The fraction of sp³-hybridized carbons (Fsp3) is 0.500. The molecule has 1 aromatic rings. The topological polar surface area (TPSA) is 26.3 Å². The van der Waals surface area contributed by atoms with Crippen LogP contribution in [0.1, 0.15) is 43.7 Å². The van der Waals surface area contributed by atoms with Gasteiger partial charge in [-0.1, -0.05) is 19.9 Å². The van der Waals surface area contributed by atoms with Crippen molar-refractivity contribution in [1.82, 2.24) is 0 Å². The van der Waals surface area contributed by atoms with E-state index in [0.29, 0.717) is 11.5 Å². The van der Waals surface area contributed by atoms with Crippen LogP contribution in [-0.4, -0.2) is 5.97 Å². The Morgan fingerprint density at radius 2 is 2.18 bits per heavy atom. The number of carbonyl (C=O) groups excluding carboxylic acids is 1. The molecule has 0 unspecified atom stereocenters. The molecule has 3 heteroatoms. The highest BCUT2D eigenvalue weighted by molar-refractivity contribution is 5.74. The highest BCUT2D eigenvalue weighted by Crippen LogP contribution is 2.30. The van der Waals surface area contributed by atoms with E-state index in [1.54, 1.807) is 12.1 Å². The average molecular weight is 236 g/mol. The zero-order valence-corrected chi connectivity index (χ0v) is 10.2. The quantitative estimate of drug-likeness (QED) is 0.749. The van der Waals surface area contributed by atoms with E-state index in [1.165, 1.54) is 6.07 Å². The largest absolute Gasteiger partial charge is 0.460 e. The summed E-state index contributed by atoms with van der Waals surface area (Å²) in [4.78, 5) is 11.4. The van der Waals surface area contributed by atoms with Gasteiger partial charge in [-0.25, -0.2) is 4.39 Å². The highest BCUT2D eigenvalue weighted by Gasteiger charge is 2.31. The van der Waals surface area contributed by atoms with Gasteiger partial charge in [-0.2, -0.15) is 0 Å². The number of esters is 1. The first-order valence-electron chi connectivity index (χ1n) is 6.03. The Labute approximate surface area is 101 Å². The van der Waals surface area contributed by atoms with Gasteiger partial charge < -0.3 is 4.74 Å². The van der Waals surface area contributed by atoms with Crippen molar-refractivity contribution < 1.29 is 13.9 Å². The summed E-state index contributed by atoms with van der Waals surface area (Å²) in [5.74, 6) is -0.0998. The number of benzene rings is 1. The van der Waals surface area contributed by atoms with Crippen LogP contribution in [0.3, 0.4) is 0 Å². The standard InChI is InChI=1S/C14H17FO2/c1-9(2)11-5-6-13(15)12(7-11)8-17-14(16)10-3-4-10/h5-7,9-10H,3-4,8H2,1-2H3. The Morgan fingerprint density at radius 3 is 2.76 bits per heavy atom. The van der Waals surface area contributed by atoms with Crippen LogP contribution in [0.25, 0.3) is 0 Å². The third-order valence-corrected chi connectivity index (χ3v) is 3.02. The molecule has 0 amide bonds. The van der Waals surface area contributed by atoms with Crippen molar-refractivity contribution in [3.8, 4) is 0 Å². The summed E-state index contributed by atoms with van der Waals surface area (Å²) in [6, 6.07) is 4.99. The van der Waals surface area contributed by atoms with Crippen molar-refractivity contribution in [3.05, 3.63) is 35.1 Å². The second kappa shape index (κ2) is 4.86. The van der Waals surface area contributed by atoms with Crippen LogP contribution in [0.15, 0.2) is 18.2 Å². The minimum absolute atomic E-state index is 0.0434. The van der Waals surface area contributed by atoms with Gasteiger partial charge in [0.25, 0.3) is 0 Å². The number of carbonyl (C=O) groups is 1. The second-order valence-electron chi connectivity index (χ2n) is 4.89. The number of rotatable bonds is 4. The van der Waals surface area contributed by atoms with E-state index in [1.807, 2.05) is 13.8 Å². The van der Waals surface area contributed by atoms with Gasteiger partial charge in [0.15, 0.2) is 0 Å². The Bertz CT molecular complexity index is 422. The summed E-state index contributed by atoms with van der Waals surface area (Å²) in [5, 5.41) is 0. The van der Waals surface area contributed by atoms with Crippen molar-refractivity contribution in [2.24, 2.45) is 5.92 Å². The maximum absolute atomic E-state index is 13.5. The summed E-state index contributed by atoms with van der Waals surface area (Å²) < 4.78 is 18.6. The Hall–Kier alpha value is -1.38. The van der Waals surface area contributed by atoms with Gasteiger partial charge in [0.2, 0.25) is 0 Å². The lowest BCUT2D eigenvalue weighted by Gasteiger charge is -2.10. The van der Waals surface area contributed by atoms with Gasteiger partial charge in [-0.05, 0) is 36.5 Å². The molecule has 2 rings (SSSR count). The van der Waals surface area contributed by atoms with Gasteiger partial charge in [-0.15, -0.1) is 0 Å². The van der Waals surface area contributed by atoms with Crippen molar-refractivity contribution >= 4 is 5.97 Å². The lowest BCUT2D eigenvalue weighted by atomic mass is 10.0. The van der Waals surface area contributed by atoms with Crippen molar-refractivity contribution in [2.45, 2.75) is 39.2 Å². The van der Waals surface area contributed by atoms with Crippen molar-refractivity contribution in [3.63, 3.8) is 0 Å². The molecule has 0 aliphatic heterocycles. The molecule has 1 aromatic carbocycles. The third kappa shape index (κ3) is 3.05. The first kappa shape index (κ1) is 12.1. The average Bonchev–Trinajstić information content (AvgIpc) is 3.11. The minimum atomic E-state index is -0.307. The summed E-state index contributed by atoms with van der Waals surface area (Å²) in [7, 11) is 0. The van der Waals surface area contributed by atoms with E-state index in [4.69, 9.17) is 4.74 Å². The van der Waals surface area contributed by atoms with Gasteiger partial charge in [0, 0.05) is 5.56 Å². The number of ether oxygens (including phenoxy) is 1. The molecular formula is C14H17FO2. The van der Waals surface area contributed by atoms with E-state index < -0.39 is 0 Å². The van der Waals surface area contributed by atoms with Crippen LogP contribution in [0.4, 0.5) is 4.39 Å². The van der Waals surface area contributed by atoms with Crippen LogP contribution in [0, 0.1) is 11.7 Å². The molecule has 0 heterocycles. The van der Waals surface area contributed by atoms with Crippen LogP contribution < -0.4 is 0 Å². The highest BCUT2D eigenvalue weighted by atomic mass is 19.1. The summed E-state index contributed by atoms with van der Waals surface area (Å²) in [6.07, 6.45) is 1.82. The lowest BCUT2D eigenvalue weighted by Crippen LogP contribution is -2.07. The Kier molecular flexibility index (Phi) is 3.46. The van der Waals surface area contributed by atoms with E-state index in [0.717, 1.165) is 18.4 Å². The predicted octanol–water partition coefficient (Wildman–Crippen LogP) is 3.40. The fourth-order valence-corrected chi connectivity index (χ4v) is 1.65. The summed E-state index contributed by atoms with van der Waals surface area (Å²) in [5.41, 5.74) is 1.52. The molecular weight excluding hydrogens is 219 g/mol. The Morgan fingerprint density at radius 1 is 1.47 bits per heavy atom. The molecule has 1 aliphatic rings. The van der Waals surface area contributed by atoms with Crippen LogP contribution in [0.5, 0.6) is 0 Å². The van der Waals surface area contributed by atoms with E-state index >= 15 is 0 Å². The van der Waals surface area contributed by atoms with E-state index in [9.17, 15) is 9.18 Å². The molecule has 0 aromatic heterocycles. The zero-order valence-electron chi connectivity index (χ0n) is 10.2. The van der Waals surface area contributed by atoms with Crippen molar-refractivity contribution in [2.75, 3.05) is 0 Å². The maximum atomic E-state index is 13.5. The van der Waals surface area contributed by atoms with Gasteiger partial charge >= 0.3 is 5.97 Å². The molecule has 1 aliphatic carbocycles. The lowest BCUT2D eigenvalue weighted by molar-refractivity contribution is -0.146.